The molecule has 1 rings (SSSR count). The lowest BCUT2D eigenvalue weighted by molar-refractivity contribution is 0.190. The van der Waals surface area contributed by atoms with Gasteiger partial charge in [0.05, 0.1) is 6.04 Å². The molecule has 0 bridgehead atoms. The fourth-order valence-electron chi connectivity index (χ4n) is 1.15. The van der Waals surface area contributed by atoms with Crippen molar-refractivity contribution in [2.75, 3.05) is 6.54 Å². The third-order valence-corrected chi connectivity index (χ3v) is 1.78. The highest BCUT2D eigenvalue weighted by Gasteiger charge is 2.11. The van der Waals surface area contributed by atoms with Crippen molar-refractivity contribution in [2.24, 2.45) is 5.73 Å². The quantitative estimate of drug-likeness (QED) is 0.680. The number of hydrogen-bond donors (Lipinski definition) is 3. The predicted octanol–water partition coefficient (Wildman–Crippen LogP) is 1.09. The minimum atomic E-state index is -1.18. The van der Waals surface area contributed by atoms with E-state index in [1.54, 1.807) is 6.07 Å². The Morgan fingerprint density at radius 3 is 2.86 bits per heavy atom. The highest BCUT2D eigenvalue weighted by atomic mass is 19.1. The van der Waals surface area contributed by atoms with E-state index < -0.39 is 18.0 Å². The molecule has 5 heteroatoms. The summed E-state index contributed by atoms with van der Waals surface area (Å²) in [5.74, 6) is -0.409. The number of hydrogen-bond acceptors (Lipinski definition) is 2. The van der Waals surface area contributed by atoms with Gasteiger partial charge in [-0.1, -0.05) is 12.1 Å². The van der Waals surface area contributed by atoms with Crippen molar-refractivity contribution in [1.29, 1.82) is 0 Å². The molecule has 0 aliphatic heterocycles. The molecule has 0 aliphatic rings. The van der Waals surface area contributed by atoms with Crippen molar-refractivity contribution in [1.82, 2.24) is 5.32 Å². The number of rotatable bonds is 3. The van der Waals surface area contributed by atoms with Gasteiger partial charge in [-0.3, -0.25) is 0 Å². The Bertz CT molecular complexity index is 330. The Labute approximate surface area is 80.5 Å². The Hall–Kier alpha value is -1.62. The zero-order valence-electron chi connectivity index (χ0n) is 7.40. The highest BCUT2D eigenvalue weighted by molar-refractivity contribution is 5.65. The van der Waals surface area contributed by atoms with Gasteiger partial charge in [-0.15, -0.1) is 0 Å². The Kier molecular flexibility index (Phi) is 3.41. The van der Waals surface area contributed by atoms with Crippen LogP contribution in [-0.2, 0) is 0 Å². The van der Waals surface area contributed by atoms with Gasteiger partial charge in [0.1, 0.15) is 5.82 Å². The van der Waals surface area contributed by atoms with Gasteiger partial charge in [0.2, 0.25) is 0 Å². The summed E-state index contributed by atoms with van der Waals surface area (Å²) in [5.41, 5.74) is 5.88. The molecule has 0 spiro atoms. The molecule has 0 fully saturated rings. The van der Waals surface area contributed by atoms with Gasteiger partial charge >= 0.3 is 6.09 Å². The number of benzene rings is 1. The summed E-state index contributed by atoms with van der Waals surface area (Å²) in [5, 5.41) is 10.7. The van der Waals surface area contributed by atoms with E-state index in [4.69, 9.17) is 10.8 Å². The van der Waals surface area contributed by atoms with Crippen LogP contribution >= 0.6 is 0 Å². The van der Waals surface area contributed by atoms with E-state index in [0.29, 0.717) is 5.56 Å². The summed E-state index contributed by atoms with van der Waals surface area (Å²) in [4.78, 5) is 10.4. The molecule has 76 valence electrons. The second kappa shape index (κ2) is 4.57. The summed E-state index contributed by atoms with van der Waals surface area (Å²) in [6.45, 7) is 0.0930. The molecule has 1 atom stereocenters. The topological polar surface area (TPSA) is 75.3 Å². The zero-order chi connectivity index (χ0) is 10.6. The first kappa shape index (κ1) is 10.5. The summed E-state index contributed by atoms with van der Waals surface area (Å²) < 4.78 is 12.8. The lowest BCUT2D eigenvalue weighted by Crippen LogP contribution is -2.32. The van der Waals surface area contributed by atoms with Gasteiger partial charge in [-0.05, 0) is 17.7 Å². The number of halogens is 1. The molecule has 4 N–H and O–H groups in total. The van der Waals surface area contributed by atoms with E-state index in [2.05, 4.69) is 5.32 Å². The number of amides is 1. The average molecular weight is 198 g/mol. The third-order valence-electron chi connectivity index (χ3n) is 1.78. The molecule has 0 saturated carbocycles. The van der Waals surface area contributed by atoms with Crippen molar-refractivity contribution in [3.63, 3.8) is 0 Å². The highest BCUT2D eigenvalue weighted by Crippen LogP contribution is 2.12. The predicted molar refractivity (Wildman–Crippen MR) is 49.4 cm³/mol. The molecular formula is C9H11FN2O2. The number of nitrogens with two attached hydrogens (primary N) is 1. The Morgan fingerprint density at radius 2 is 2.36 bits per heavy atom. The van der Waals surface area contributed by atoms with Crippen molar-refractivity contribution in [3.8, 4) is 0 Å². The molecular weight excluding hydrogens is 187 g/mol. The standard InChI is InChI=1S/C9H11FN2O2/c10-7-3-1-2-6(4-7)8(5-11)12-9(13)14/h1-4,8,12H,5,11H2,(H,13,14)/t8-/m1/s1. The number of carbonyl (C=O) groups is 1. The SMILES string of the molecule is NC[C@@H](NC(=O)O)c1cccc(F)c1. The van der Waals surface area contributed by atoms with Crippen LogP contribution in [0.3, 0.4) is 0 Å². The molecule has 0 radical (unpaired) electrons. The van der Waals surface area contributed by atoms with Crippen LogP contribution in [0.15, 0.2) is 24.3 Å². The van der Waals surface area contributed by atoms with Crippen LogP contribution in [-0.4, -0.2) is 17.7 Å². The van der Waals surface area contributed by atoms with Crippen molar-refractivity contribution < 1.29 is 14.3 Å². The summed E-state index contributed by atoms with van der Waals surface area (Å²) in [7, 11) is 0. The van der Waals surface area contributed by atoms with E-state index in [1.807, 2.05) is 0 Å². The third kappa shape index (κ3) is 2.70. The molecule has 4 nitrogen and oxygen atoms in total. The van der Waals surface area contributed by atoms with Gasteiger partial charge in [0.25, 0.3) is 0 Å². The first-order chi connectivity index (χ1) is 6.63. The van der Waals surface area contributed by atoms with Crippen molar-refractivity contribution in [3.05, 3.63) is 35.6 Å². The van der Waals surface area contributed by atoms with Crippen LogP contribution in [0.4, 0.5) is 9.18 Å². The summed E-state index contributed by atoms with van der Waals surface area (Å²) >= 11 is 0. The van der Waals surface area contributed by atoms with E-state index in [1.165, 1.54) is 18.2 Å². The molecule has 0 heterocycles. The van der Waals surface area contributed by atoms with Gasteiger partial charge in [-0.2, -0.15) is 0 Å². The fourth-order valence-corrected chi connectivity index (χ4v) is 1.15. The van der Waals surface area contributed by atoms with Crippen LogP contribution in [0, 0.1) is 5.82 Å². The molecule has 1 aromatic carbocycles. The van der Waals surface area contributed by atoms with Crippen molar-refractivity contribution >= 4 is 6.09 Å². The fraction of sp³-hybridized carbons (Fsp3) is 0.222. The largest absolute Gasteiger partial charge is 0.465 e. The summed E-state index contributed by atoms with van der Waals surface area (Å²) in [6, 6.07) is 5.11. The van der Waals surface area contributed by atoms with Crippen LogP contribution in [0.1, 0.15) is 11.6 Å². The van der Waals surface area contributed by atoms with Gasteiger partial charge in [-0.25, -0.2) is 9.18 Å². The summed E-state index contributed by atoms with van der Waals surface area (Å²) in [6.07, 6.45) is -1.18. The van der Waals surface area contributed by atoms with E-state index >= 15 is 0 Å². The minimum Gasteiger partial charge on any atom is -0.465 e. The lowest BCUT2D eigenvalue weighted by Gasteiger charge is -2.14. The first-order valence-electron chi connectivity index (χ1n) is 4.08. The minimum absolute atomic E-state index is 0.0930. The Morgan fingerprint density at radius 1 is 1.64 bits per heavy atom. The molecule has 0 aliphatic carbocycles. The maximum Gasteiger partial charge on any atom is 0.405 e. The van der Waals surface area contributed by atoms with Crippen LogP contribution in [0.5, 0.6) is 0 Å². The Balaban J connectivity index is 2.83. The van der Waals surface area contributed by atoms with Crippen LogP contribution in [0.25, 0.3) is 0 Å². The van der Waals surface area contributed by atoms with Gasteiger partial charge < -0.3 is 16.2 Å². The maximum atomic E-state index is 12.8. The maximum absolute atomic E-state index is 12.8. The number of carboxylic acid groups (broad SMARTS) is 1. The van der Waals surface area contributed by atoms with Crippen LogP contribution in [0.2, 0.25) is 0 Å². The van der Waals surface area contributed by atoms with E-state index in [-0.39, 0.29) is 6.54 Å². The second-order valence-electron chi connectivity index (χ2n) is 2.79. The number of nitrogens with one attached hydrogen (secondary N) is 1. The zero-order valence-corrected chi connectivity index (χ0v) is 7.40. The smallest absolute Gasteiger partial charge is 0.405 e. The first-order valence-corrected chi connectivity index (χ1v) is 4.08. The molecule has 0 saturated heterocycles. The second-order valence-corrected chi connectivity index (χ2v) is 2.79. The van der Waals surface area contributed by atoms with E-state index in [0.717, 1.165) is 0 Å². The lowest BCUT2D eigenvalue weighted by atomic mass is 10.1. The van der Waals surface area contributed by atoms with Crippen molar-refractivity contribution in [2.45, 2.75) is 6.04 Å². The molecule has 14 heavy (non-hydrogen) atoms. The van der Waals surface area contributed by atoms with Gasteiger partial charge in [0, 0.05) is 6.54 Å². The molecule has 1 aromatic rings. The normalized spacial score (nSPS) is 12.1. The monoisotopic (exact) mass is 198 g/mol. The van der Waals surface area contributed by atoms with Gasteiger partial charge in [0.15, 0.2) is 0 Å². The average Bonchev–Trinajstić information content (AvgIpc) is 2.14. The van der Waals surface area contributed by atoms with E-state index in [9.17, 15) is 9.18 Å². The molecule has 1 amide bonds. The molecule has 0 aromatic heterocycles. The molecule has 0 unspecified atom stereocenters. The van der Waals surface area contributed by atoms with Crippen LogP contribution < -0.4 is 11.1 Å².